The molecule has 0 N–H and O–H groups in total. The number of ether oxygens (including phenoxy) is 3. The van der Waals surface area contributed by atoms with Crippen LogP contribution in [0.15, 0.2) is 42.6 Å². The van der Waals surface area contributed by atoms with Crippen molar-refractivity contribution in [1.82, 2.24) is 4.57 Å². The zero-order chi connectivity index (χ0) is 19.0. The summed E-state index contributed by atoms with van der Waals surface area (Å²) >= 11 is 0. The normalized spacial score (nSPS) is 13.1. The number of para-hydroxylation sites is 1. The van der Waals surface area contributed by atoms with E-state index in [-0.39, 0.29) is 25.7 Å². The molecule has 8 nitrogen and oxygen atoms in total. The number of hydrogen-bond acceptors (Lipinski definition) is 6. The molecule has 0 bridgehead atoms. The SMILES string of the molecule is Cn1cc(C(=O)OCc2cc([N+](=O)[O-])cc3c2OCOC3)c2ccccc21. The molecular formula is C19H16N2O6. The number of aromatic nitrogens is 1. The van der Waals surface area contributed by atoms with Crippen molar-refractivity contribution in [3.63, 3.8) is 0 Å². The highest BCUT2D eigenvalue weighted by molar-refractivity contribution is 6.04. The number of hydrogen-bond donors (Lipinski definition) is 0. The molecular weight excluding hydrogens is 352 g/mol. The van der Waals surface area contributed by atoms with Crippen LogP contribution in [0.5, 0.6) is 5.75 Å². The minimum absolute atomic E-state index is 0.0507. The summed E-state index contributed by atoms with van der Waals surface area (Å²) < 4.78 is 17.9. The number of fused-ring (bicyclic) bond motifs is 2. The van der Waals surface area contributed by atoms with E-state index in [1.165, 1.54) is 12.1 Å². The number of nitrogens with zero attached hydrogens (tertiary/aromatic N) is 2. The van der Waals surface area contributed by atoms with Crippen LogP contribution in [0.2, 0.25) is 0 Å². The van der Waals surface area contributed by atoms with Crippen LogP contribution in [0.25, 0.3) is 10.9 Å². The molecule has 0 saturated heterocycles. The first kappa shape index (κ1) is 17.0. The zero-order valence-corrected chi connectivity index (χ0v) is 14.5. The van der Waals surface area contributed by atoms with E-state index >= 15 is 0 Å². The molecule has 2 aromatic carbocycles. The highest BCUT2D eigenvalue weighted by atomic mass is 16.7. The first-order chi connectivity index (χ1) is 13.0. The standard InChI is InChI=1S/C19H16N2O6/c1-20-8-16(15-4-2-3-5-17(15)20)19(22)26-10-13-7-14(21(23)24)6-12-9-25-11-27-18(12)13/h2-8H,9-11H2,1H3. The van der Waals surface area contributed by atoms with E-state index < -0.39 is 10.9 Å². The fraction of sp³-hybridized carbons (Fsp3) is 0.211. The first-order valence-corrected chi connectivity index (χ1v) is 8.26. The topological polar surface area (TPSA) is 92.8 Å². The number of rotatable bonds is 4. The second-order valence-corrected chi connectivity index (χ2v) is 6.21. The molecule has 0 amide bonds. The highest BCUT2D eigenvalue weighted by Crippen LogP contribution is 2.33. The Bertz CT molecular complexity index is 1060. The van der Waals surface area contributed by atoms with Gasteiger partial charge in [-0.05, 0) is 6.07 Å². The lowest BCUT2D eigenvalue weighted by Crippen LogP contribution is -2.15. The van der Waals surface area contributed by atoms with Crippen LogP contribution in [0.4, 0.5) is 5.69 Å². The van der Waals surface area contributed by atoms with Crippen molar-refractivity contribution >= 4 is 22.6 Å². The molecule has 2 heterocycles. The van der Waals surface area contributed by atoms with Gasteiger partial charge < -0.3 is 18.8 Å². The van der Waals surface area contributed by atoms with Crippen LogP contribution >= 0.6 is 0 Å². The van der Waals surface area contributed by atoms with Crippen molar-refractivity contribution in [2.45, 2.75) is 13.2 Å². The smallest absolute Gasteiger partial charge is 0.340 e. The van der Waals surface area contributed by atoms with Crippen molar-refractivity contribution in [2.24, 2.45) is 7.05 Å². The summed E-state index contributed by atoms with van der Waals surface area (Å²) in [6.07, 6.45) is 1.71. The number of benzene rings is 2. The highest BCUT2D eigenvalue weighted by Gasteiger charge is 2.22. The molecule has 0 unspecified atom stereocenters. The van der Waals surface area contributed by atoms with Gasteiger partial charge >= 0.3 is 5.97 Å². The largest absolute Gasteiger partial charge is 0.467 e. The fourth-order valence-corrected chi connectivity index (χ4v) is 3.22. The fourth-order valence-electron chi connectivity index (χ4n) is 3.22. The van der Waals surface area contributed by atoms with Gasteiger partial charge in [-0.2, -0.15) is 0 Å². The molecule has 0 saturated carbocycles. The molecule has 138 valence electrons. The summed E-state index contributed by atoms with van der Waals surface area (Å²) in [5.41, 5.74) is 2.26. The van der Waals surface area contributed by atoms with Crippen LogP contribution in [0.3, 0.4) is 0 Å². The third-order valence-corrected chi connectivity index (χ3v) is 4.46. The van der Waals surface area contributed by atoms with Gasteiger partial charge in [-0.1, -0.05) is 18.2 Å². The molecule has 27 heavy (non-hydrogen) atoms. The van der Waals surface area contributed by atoms with Crippen LogP contribution in [0, 0.1) is 10.1 Å². The van der Waals surface area contributed by atoms with Gasteiger partial charge in [-0.3, -0.25) is 10.1 Å². The average Bonchev–Trinajstić information content (AvgIpc) is 3.02. The molecule has 0 spiro atoms. The number of aryl methyl sites for hydroxylation is 1. The molecule has 1 aromatic heterocycles. The Morgan fingerprint density at radius 2 is 2.15 bits per heavy atom. The Balaban J connectivity index is 1.62. The van der Waals surface area contributed by atoms with Gasteiger partial charge in [0, 0.05) is 47.4 Å². The van der Waals surface area contributed by atoms with Gasteiger partial charge in [-0.15, -0.1) is 0 Å². The number of non-ortho nitro benzene ring substituents is 1. The minimum atomic E-state index is -0.501. The Morgan fingerprint density at radius 3 is 2.96 bits per heavy atom. The van der Waals surface area contributed by atoms with Crippen LogP contribution < -0.4 is 4.74 Å². The summed E-state index contributed by atoms with van der Waals surface area (Å²) in [6.45, 7) is 0.127. The van der Waals surface area contributed by atoms with Crippen LogP contribution in [-0.4, -0.2) is 22.3 Å². The number of esters is 1. The lowest BCUT2D eigenvalue weighted by Gasteiger charge is -2.20. The molecule has 4 rings (SSSR count). The van der Waals surface area contributed by atoms with E-state index in [2.05, 4.69) is 0 Å². The van der Waals surface area contributed by atoms with Crippen molar-refractivity contribution in [2.75, 3.05) is 6.79 Å². The molecule has 0 radical (unpaired) electrons. The molecule has 8 heteroatoms. The van der Waals surface area contributed by atoms with Crippen molar-refractivity contribution in [3.8, 4) is 5.75 Å². The van der Waals surface area contributed by atoms with Gasteiger partial charge in [0.15, 0.2) is 6.79 Å². The zero-order valence-electron chi connectivity index (χ0n) is 14.5. The van der Waals surface area contributed by atoms with Crippen molar-refractivity contribution in [3.05, 3.63) is 69.4 Å². The second-order valence-electron chi connectivity index (χ2n) is 6.21. The number of carbonyl (C=O) groups excluding carboxylic acids is 1. The van der Waals surface area contributed by atoms with Gasteiger partial charge in [0.05, 0.1) is 17.1 Å². The minimum Gasteiger partial charge on any atom is -0.467 e. The third-order valence-electron chi connectivity index (χ3n) is 4.46. The van der Waals surface area contributed by atoms with Gasteiger partial charge in [0.2, 0.25) is 0 Å². The lowest BCUT2D eigenvalue weighted by molar-refractivity contribution is -0.385. The van der Waals surface area contributed by atoms with Crippen molar-refractivity contribution < 1.29 is 23.9 Å². The molecule has 0 aliphatic carbocycles. The Kier molecular flexibility index (Phi) is 4.25. The second kappa shape index (κ2) is 6.73. The van der Waals surface area contributed by atoms with Gasteiger partial charge in [0.25, 0.3) is 5.69 Å². The Hall–Kier alpha value is -3.39. The quantitative estimate of drug-likeness (QED) is 0.398. The first-order valence-electron chi connectivity index (χ1n) is 8.26. The molecule has 1 aliphatic heterocycles. The van der Waals surface area contributed by atoms with E-state index in [1.54, 1.807) is 6.20 Å². The number of nitro benzene ring substituents is 1. The van der Waals surface area contributed by atoms with Crippen molar-refractivity contribution in [1.29, 1.82) is 0 Å². The maximum absolute atomic E-state index is 12.6. The summed E-state index contributed by atoms with van der Waals surface area (Å²) in [5.74, 6) is -0.0308. The van der Waals surface area contributed by atoms with E-state index in [0.29, 0.717) is 22.4 Å². The predicted octanol–water partition coefficient (Wildman–Crippen LogP) is 3.31. The molecule has 0 fully saturated rings. The number of carbonyl (C=O) groups is 1. The summed E-state index contributed by atoms with van der Waals surface area (Å²) in [5, 5.41) is 11.9. The lowest BCUT2D eigenvalue weighted by atomic mass is 10.1. The van der Waals surface area contributed by atoms with Gasteiger partial charge in [0.1, 0.15) is 12.4 Å². The van der Waals surface area contributed by atoms with Crippen LogP contribution in [-0.2, 0) is 29.7 Å². The van der Waals surface area contributed by atoms with E-state index in [9.17, 15) is 14.9 Å². The number of nitro groups is 1. The Morgan fingerprint density at radius 1 is 1.33 bits per heavy atom. The summed E-state index contributed by atoms with van der Waals surface area (Å²) in [4.78, 5) is 23.3. The summed E-state index contributed by atoms with van der Waals surface area (Å²) in [6, 6.07) is 10.3. The molecule has 1 aliphatic rings. The Labute approximate surface area is 154 Å². The maximum Gasteiger partial charge on any atom is 0.340 e. The summed E-state index contributed by atoms with van der Waals surface area (Å²) in [7, 11) is 1.85. The third kappa shape index (κ3) is 3.11. The van der Waals surface area contributed by atoms with E-state index in [4.69, 9.17) is 14.2 Å². The average molecular weight is 368 g/mol. The molecule has 0 atom stereocenters. The monoisotopic (exact) mass is 368 g/mol. The van der Waals surface area contributed by atoms with E-state index in [1.807, 2.05) is 35.9 Å². The van der Waals surface area contributed by atoms with Gasteiger partial charge in [-0.25, -0.2) is 4.79 Å². The maximum atomic E-state index is 12.6. The predicted molar refractivity (Wildman–Crippen MR) is 95.4 cm³/mol. The molecule has 3 aromatic rings. The van der Waals surface area contributed by atoms with E-state index in [0.717, 1.165) is 10.9 Å². The van der Waals surface area contributed by atoms with Crippen LogP contribution in [0.1, 0.15) is 21.5 Å².